The van der Waals surface area contributed by atoms with E-state index in [1.807, 2.05) is 0 Å². The zero-order valence-electron chi connectivity index (χ0n) is 14.1. The van der Waals surface area contributed by atoms with Gasteiger partial charge in [-0.1, -0.05) is 12.1 Å². The molecule has 1 aliphatic rings. The summed E-state index contributed by atoms with van der Waals surface area (Å²) < 4.78 is 0. The summed E-state index contributed by atoms with van der Waals surface area (Å²) in [6.45, 7) is 0.0244. The Kier molecular flexibility index (Phi) is 4.25. The van der Waals surface area contributed by atoms with E-state index in [0.29, 0.717) is 11.1 Å². The van der Waals surface area contributed by atoms with Gasteiger partial charge in [-0.2, -0.15) is 0 Å². The van der Waals surface area contributed by atoms with Crippen LogP contribution in [-0.2, 0) is 6.54 Å². The van der Waals surface area contributed by atoms with Crippen molar-refractivity contribution in [3.8, 4) is 0 Å². The molecular formula is C18H15N3O5. The van der Waals surface area contributed by atoms with Crippen LogP contribution in [0.4, 0.5) is 5.69 Å². The van der Waals surface area contributed by atoms with Gasteiger partial charge in [0.2, 0.25) is 0 Å². The molecule has 0 unspecified atom stereocenters. The lowest BCUT2D eigenvalue weighted by molar-refractivity contribution is -0.384. The Hall–Kier alpha value is -3.55. The fraction of sp³-hybridized carbons (Fsp3) is 0.167. The van der Waals surface area contributed by atoms with E-state index in [9.17, 15) is 24.5 Å². The highest BCUT2D eigenvalue weighted by atomic mass is 16.6. The van der Waals surface area contributed by atoms with Crippen LogP contribution < -0.4 is 0 Å². The lowest BCUT2D eigenvalue weighted by atomic mass is 10.1. The molecule has 0 N–H and O–H groups in total. The van der Waals surface area contributed by atoms with Crippen molar-refractivity contribution >= 4 is 23.4 Å². The number of benzene rings is 2. The second-order valence-corrected chi connectivity index (χ2v) is 6.08. The maximum absolute atomic E-state index is 12.5. The van der Waals surface area contributed by atoms with E-state index in [0.717, 1.165) is 11.0 Å². The van der Waals surface area contributed by atoms with Crippen LogP contribution in [0, 0.1) is 10.1 Å². The van der Waals surface area contributed by atoms with E-state index in [1.165, 1.54) is 17.0 Å². The van der Waals surface area contributed by atoms with Gasteiger partial charge in [-0.15, -0.1) is 0 Å². The van der Waals surface area contributed by atoms with Crippen LogP contribution in [0.3, 0.4) is 0 Å². The number of carbonyl (C=O) groups is 3. The van der Waals surface area contributed by atoms with Crippen LogP contribution >= 0.6 is 0 Å². The van der Waals surface area contributed by atoms with Crippen molar-refractivity contribution in [1.29, 1.82) is 0 Å². The second-order valence-electron chi connectivity index (χ2n) is 6.08. The van der Waals surface area contributed by atoms with Gasteiger partial charge in [0.1, 0.15) is 0 Å². The normalized spacial score (nSPS) is 12.9. The zero-order valence-corrected chi connectivity index (χ0v) is 14.1. The van der Waals surface area contributed by atoms with Gasteiger partial charge in [-0.05, 0) is 23.8 Å². The largest absolute Gasteiger partial charge is 0.345 e. The highest BCUT2D eigenvalue weighted by molar-refractivity contribution is 6.21. The van der Waals surface area contributed by atoms with Crippen LogP contribution in [-0.4, -0.2) is 46.5 Å². The summed E-state index contributed by atoms with van der Waals surface area (Å²) in [6.07, 6.45) is 0. The van der Waals surface area contributed by atoms with Crippen molar-refractivity contribution in [2.24, 2.45) is 0 Å². The summed E-state index contributed by atoms with van der Waals surface area (Å²) in [5.74, 6) is -1.21. The van der Waals surface area contributed by atoms with E-state index >= 15 is 0 Å². The molecule has 3 rings (SSSR count). The van der Waals surface area contributed by atoms with Crippen molar-refractivity contribution in [1.82, 2.24) is 9.80 Å². The summed E-state index contributed by atoms with van der Waals surface area (Å²) in [5, 5.41) is 10.9. The molecule has 0 bridgehead atoms. The van der Waals surface area contributed by atoms with E-state index < -0.39 is 16.7 Å². The molecule has 0 spiro atoms. The average Bonchev–Trinajstić information content (AvgIpc) is 2.86. The van der Waals surface area contributed by atoms with E-state index in [2.05, 4.69) is 0 Å². The molecule has 132 valence electrons. The van der Waals surface area contributed by atoms with Gasteiger partial charge in [0.15, 0.2) is 0 Å². The monoisotopic (exact) mass is 353 g/mol. The standard InChI is InChI=1S/C18H15N3O5/c1-19(2)16(22)12-5-3-11(4-6-12)10-20-17(23)14-8-7-13(21(25)26)9-15(14)18(20)24/h3-9H,10H2,1-2H3. The highest BCUT2D eigenvalue weighted by Crippen LogP contribution is 2.28. The first kappa shape index (κ1) is 17.3. The number of imide groups is 1. The minimum Gasteiger partial charge on any atom is -0.345 e. The topological polar surface area (TPSA) is 101 Å². The SMILES string of the molecule is CN(C)C(=O)c1ccc(CN2C(=O)c3ccc([N+](=O)[O-])cc3C2=O)cc1. The molecule has 1 heterocycles. The number of non-ortho nitro benzene ring substituents is 1. The third-order valence-corrected chi connectivity index (χ3v) is 4.11. The summed E-state index contributed by atoms with van der Waals surface area (Å²) >= 11 is 0. The van der Waals surface area contributed by atoms with Gasteiger partial charge >= 0.3 is 0 Å². The summed E-state index contributed by atoms with van der Waals surface area (Å²) in [5.41, 5.74) is 1.11. The fourth-order valence-electron chi connectivity index (χ4n) is 2.73. The number of nitrogens with zero attached hydrogens (tertiary/aromatic N) is 3. The van der Waals surface area contributed by atoms with Gasteiger partial charge < -0.3 is 4.90 Å². The minimum absolute atomic E-state index is 0.0244. The summed E-state index contributed by atoms with van der Waals surface area (Å²) in [7, 11) is 3.29. The minimum atomic E-state index is -0.610. The first-order valence-electron chi connectivity index (χ1n) is 7.75. The van der Waals surface area contributed by atoms with E-state index in [-0.39, 0.29) is 29.3 Å². The van der Waals surface area contributed by atoms with Crippen LogP contribution in [0.15, 0.2) is 42.5 Å². The Morgan fingerprint density at radius 3 is 2.23 bits per heavy atom. The third kappa shape index (κ3) is 2.92. The number of rotatable bonds is 4. The van der Waals surface area contributed by atoms with Crippen molar-refractivity contribution in [3.63, 3.8) is 0 Å². The molecule has 0 saturated heterocycles. The van der Waals surface area contributed by atoms with Crippen LogP contribution in [0.5, 0.6) is 0 Å². The summed E-state index contributed by atoms with van der Waals surface area (Å²) in [4.78, 5) is 49.5. The zero-order chi connectivity index (χ0) is 19.0. The van der Waals surface area contributed by atoms with Crippen molar-refractivity contribution in [2.45, 2.75) is 6.54 Å². The van der Waals surface area contributed by atoms with Crippen molar-refractivity contribution in [2.75, 3.05) is 14.1 Å². The molecule has 0 atom stereocenters. The van der Waals surface area contributed by atoms with E-state index in [1.54, 1.807) is 38.4 Å². The van der Waals surface area contributed by atoms with Gasteiger partial charge in [-0.3, -0.25) is 29.4 Å². The maximum atomic E-state index is 12.5. The van der Waals surface area contributed by atoms with Crippen LogP contribution in [0.2, 0.25) is 0 Å². The quantitative estimate of drug-likeness (QED) is 0.476. The average molecular weight is 353 g/mol. The molecule has 3 amide bonds. The van der Waals surface area contributed by atoms with Crippen LogP contribution in [0.1, 0.15) is 36.6 Å². The molecule has 0 fully saturated rings. The van der Waals surface area contributed by atoms with Gasteiger partial charge in [0, 0.05) is 31.8 Å². The number of hydrogen-bond donors (Lipinski definition) is 0. The molecule has 26 heavy (non-hydrogen) atoms. The number of nitro benzene ring substituents is 1. The van der Waals surface area contributed by atoms with Gasteiger partial charge in [0.25, 0.3) is 23.4 Å². The first-order valence-corrected chi connectivity index (χ1v) is 7.75. The number of nitro groups is 1. The number of fused-ring (bicyclic) bond motifs is 1. The lowest BCUT2D eigenvalue weighted by Gasteiger charge is -2.15. The Morgan fingerprint density at radius 2 is 1.65 bits per heavy atom. The predicted molar refractivity (Wildman–Crippen MR) is 91.8 cm³/mol. The second kappa shape index (κ2) is 6.40. The Morgan fingerprint density at radius 1 is 1.04 bits per heavy atom. The Bertz CT molecular complexity index is 934. The highest BCUT2D eigenvalue weighted by Gasteiger charge is 2.36. The molecule has 0 aromatic heterocycles. The molecule has 8 heteroatoms. The molecule has 0 radical (unpaired) electrons. The van der Waals surface area contributed by atoms with Gasteiger partial charge in [-0.25, -0.2) is 0 Å². The van der Waals surface area contributed by atoms with Crippen molar-refractivity contribution in [3.05, 3.63) is 74.8 Å². The molecule has 1 aliphatic heterocycles. The van der Waals surface area contributed by atoms with Gasteiger partial charge in [0.05, 0.1) is 22.6 Å². The Balaban J connectivity index is 1.83. The Labute approximate surface area is 148 Å². The smallest absolute Gasteiger partial charge is 0.270 e. The molecule has 0 saturated carbocycles. The number of amides is 3. The fourth-order valence-corrected chi connectivity index (χ4v) is 2.73. The summed E-state index contributed by atoms with van der Waals surface area (Å²) in [6, 6.07) is 10.2. The third-order valence-electron chi connectivity index (χ3n) is 4.11. The molecule has 8 nitrogen and oxygen atoms in total. The molecule has 2 aromatic rings. The predicted octanol–water partition coefficient (Wildman–Crippen LogP) is 2.09. The molecule has 2 aromatic carbocycles. The molecular weight excluding hydrogens is 338 g/mol. The number of hydrogen-bond acceptors (Lipinski definition) is 5. The van der Waals surface area contributed by atoms with E-state index in [4.69, 9.17) is 0 Å². The first-order chi connectivity index (χ1) is 12.3. The number of carbonyl (C=O) groups excluding carboxylic acids is 3. The van der Waals surface area contributed by atoms with Crippen molar-refractivity contribution < 1.29 is 19.3 Å². The molecule has 0 aliphatic carbocycles. The maximum Gasteiger partial charge on any atom is 0.270 e. The lowest BCUT2D eigenvalue weighted by Crippen LogP contribution is -2.29. The van der Waals surface area contributed by atoms with Crippen LogP contribution in [0.25, 0.3) is 0 Å².